The molecule has 0 bridgehead atoms. The number of hydrogen-bond acceptors (Lipinski definition) is 5. The van der Waals surface area contributed by atoms with Crippen LogP contribution in [0.2, 0.25) is 0 Å². The number of hydrogen-bond donors (Lipinski definition) is 1. The lowest BCUT2D eigenvalue weighted by molar-refractivity contribution is -0.132. The van der Waals surface area contributed by atoms with Crippen LogP contribution in [0.4, 0.5) is 5.69 Å². The highest BCUT2D eigenvalue weighted by molar-refractivity contribution is 7.92. The summed E-state index contributed by atoms with van der Waals surface area (Å²) in [5, 5.41) is 0. The zero-order valence-electron chi connectivity index (χ0n) is 11.3. The summed E-state index contributed by atoms with van der Waals surface area (Å²) in [6.07, 6.45) is 0. The summed E-state index contributed by atoms with van der Waals surface area (Å²) in [4.78, 5) is 13.7. The molecule has 7 heteroatoms. The third-order valence-electron chi connectivity index (χ3n) is 3.22. The highest BCUT2D eigenvalue weighted by Crippen LogP contribution is 2.20. The van der Waals surface area contributed by atoms with Crippen LogP contribution >= 0.6 is 0 Å². The molecule has 1 fully saturated rings. The second-order valence-corrected chi connectivity index (χ2v) is 6.74. The molecule has 0 atom stereocenters. The van der Waals surface area contributed by atoms with Gasteiger partial charge in [-0.15, -0.1) is 0 Å². The monoisotopic (exact) mass is 298 g/mol. The van der Waals surface area contributed by atoms with Crippen LogP contribution in [0.5, 0.6) is 0 Å². The fourth-order valence-electron chi connectivity index (χ4n) is 2.10. The fourth-order valence-corrected chi connectivity index (χ4v) is 3.63. The summed E-state index contributed by atoms with van der Waals surface area (Å²) in [7, 11) is -3.67. The molecule has 1 aromatic rings. The number of sulfone groups is 1. The maximum Gasteiger partial charge on any atom is 0.238 e. The summed E-state index contributed by atoms with van der Waals surface area (Å²) in [5.74, 6) is -0.924. The Morgan fingerprint density at radius 2 is 2.00 bits per heavy atom. The van der Waals surface area contributed by atoms with Crippen molar-refractivity contribution in [2.75, 3.05) is 37.8 Å². The molecule has 2 rings (SSSR count). The van der Waals surface area contributed by atoms with Crippen LogP contribution in [0.25, 0.3) is 0 Å². The van der Waals surface area contributed by atoms with Crippen LogP contribution in [-0.2, 0) is 19.4 Å². The van der Waals surface area contributed by atoms with Crippen molar-refractivity contribution in [1.82, 2.24) is 4.90 Å². The Labute approximate surface area is 118 Å². The van der Waals surface area contributed by atoms with Crippen molar-refractivity contribution in [3.8, 4) is 0 Å². The van der Waals surface area contributed by atoms with E-state index in [1.165, 1.54) is 11.0 Å². The van der Waals surface area contributed by atoms with E-state index < -0.39 is 21.5 Å². The number of amides is 1. The number of rotatable bonds is 3. The number of anilines is 1. The highest BCUT2D eigenvalue weighted by Gasteiger charge is 2.26. The van der Waals surface area contributed by atoms with Crippen LogP contribution in [0.3, 0.4) is 0 Å². The molecule has 0 radical (unpaired) electrons. The Morgan fingerprint density at radius 3 is 2.65 bits per heavy atom. The van der Waals surface area contributed by atoms with Gasteiger partial charge in [0.2, 0.25) is 5.91 Å². The molecule has 0 spiro atoms. The summed E-state index contributed by atoms with van der Waals surface area (Å²) < 4.78 is 29.8. The molecule has 1 saturated heterocycles. The maximum atomic E-state index is 12.3. The fraction of sp³-hybridized carbons (Fsp3) is 0.462. The Balaban J connectivity index is 2.18. The average molecular weight is 298 g/mol. The van der Waals surface area contributed by atoms with Gasteiger partial charge in [0, 0.05) is 18.8 Å². The molecule has 1 aliphatic heterocycles. The van der Waals surface area contributed by atoms with E-state index in [4.69, 9.17) is 10.5 Å². The van der Waals surface area contributed by atoms with Crippen molar-refractivity contribution >= 4 is 21.4 Å². The van der Waals surface area contributed by atoms with Gasteiger partial charge in [0.1, 0.15) is 5.75 Å². The van der Waals surface area contributed by atoms with Gasteiger partial charge in [0.15, 0.2) is 9.84 Å². The topological polar surface area (TPSA) is 89.7 Å². The predicted molar refractivity (Wildman–Crippen MR) is 75.0 cm³/mol. The van der Waals surface area contributed by atoms with Gasteiger partial charge in [0.25, 0.3) is 0 Å². The smallest absolute Gasteiger partial charge is 0.238 e. The Kier molecular flexibility index (Phi) is 4.29. The lowest BCUT2D eigenvalue weighted by atomic mass is 10.2. The summed E-state index contributed by atoms with van der Waals surface area (Å²) >= 11 is 0. The van der Waals surface area contributed by atoms with E-state index in [2.05, 4.69) is 0 Å². The van der Waals surface area contributed by atoms with Crippen molar-refractivity contribution < 1.29 is 17.9 Å². The number of carbonyl (C=O) groups excluding carboxylic acids is 1. The Hall–Kier alpha value is -1.60. The largest absolute Gasteiger partial charge is 0.399 e. The zero-order chi connectivity index (χ0) is 14.8. The minimum absolute atomic E-state index is 0.124. The number of aryl methyl sites for hydroxylation is 1. The molecule has 2 N–H and O–H groups in total. The molecule has 1 aliphatic rings. The van der Waals surface area contributed by atoms with Crippen LogP contribution in [0.1, 0.15) is 5.56 Å². The van der Waals surface area contributed by atoms with Gasteiger partial charge in [0.05, 0.1) is 18.1 Å². The van der Waals surface area contributed by atoms with Crippen LogP contribution < -0.4 is 5.73 Å². The molecule has 1 heterocycles. The van der Waals surface area contributed by atoms with Crippen LogP contribution in [-0.4, -0.2) is 51.3 Å². The minimum atomic E-state index is -3.67. The lowest BCUT2D eigenvalue weighted by Crippen LogP contribution is -2.43. The van der Waals surface area contributed by atoms with E-state index in [1.807, 2.05) is 0 Å². The molecule has 0 unspecified atom stereocenters. The van der Waals surface area contributed by atoms with E-state index in [-0.39, 0.29) is 4.90 Å². The van der Waals surface area contributed by atoms with Crippen LogP contribution in [0, 0.1) is 6.92 Å². The normalized spacial score (nSPS) is 16.1. The summed E-state index contributed by atoms with van der Waals surface area (Å²) in [5.41, 5.74) is 6.58. The summed E-state index contributed by atoms with van der Waals surface area (Å²) in [6.45, 7) is 3.45. The molecule has 20 heavy (non-hydrogen) atoms. The zero-order valence-corrected chi connectivity index (χ0v) is 12.1. The minimum Gasteiger partial charge on any atom is -0.399 e. The average Bonchev–Trinajstić information content (AvgIpc) is 2.42. The first-order valence-electron chi connectivity index (χ1n) is 6.34. The second-order valence-electron chi connectivity index (χ2n) is 4.78. The third kappa shape index (κ3) is 3.29. The van der Waals surface area contributed by atoms with E-state index in [0.29, 0.717) is 37.6 Å². The third-order valence-corrected chi connectivity index (χ3v) is 4.96. The molecule has 110 valence electrons. The van der Waals surface area contributed by atoms with Gasteiger partial charge < -0.3 is 15.4 Å². The van der Waals surface area contributed by atoms with E-state index in [0.717, 1.165) is 0 Å². The number of ether oxygens (including phenoxy) is 1. The molecule has 6 nitrogen and oxygen atoms in total. The number of carbonyl (C=O) groups is 1. The molecule has 1 amide bonds. The van der Waals surface area contributed by atoms with Crippen LogP contribution in [0.15, 0.2) is 23.1 Å². The second kappa shape index (κ2) is 5.80. The lowest BCUT2D eigenvalue weighted by Gasteiger charge is -2.26. The number of nitrogen functional groups attached to an aromatic ring is 1. The van der Waals surface area contributed by atoms with E-state index >= 15 is 0 Å². The van der Waals surface area contributed by atoms with Gasteiger partial charge in [-0.1, -0.05) is 6.07 Å². The van der Waals surface area contributed by atoms with Crippen molar-refractivity contribution in [3.05, 3.63) is 23.8 Å². The number of nitrogens with two attached hydrogens (primary N) is 1. The van der Waals surface area contributed by atoms with Crippen molar-refractivity contribution in [2.45, 2.75) is 11.8 Å². The number of benzene rings is 1. The predicted octanol–water partition coefficient (Wildman–Crippen LogP) is 0.210. The first kappa shape index (κ1) is 14.8. The SMILES string of the molecule is Cc1ccc(N)cc1S(=O)(=O)CC(=O)N1CCOCC1. The van der Waals surface area contributed by atoms with Gasteiger partial charge in [-0.25, -0.2) is 8.42 Å². The molecular weight excluding hydrogens is 280 g/mol. The van der Waals surface area contributed by atoms with Crippen molar-refractivity contribution in [2.24, 2.45) is 0 Å². The standard InChI is InChI=1S/C13H18N2O4S/c1-10-2-3-11(14)8-12(10)20(17,18)9-13(16)15-4-6-19-7-5-15/h2-3,8H,4-7,9,14H2,1H3. The molecule has 0 aromatic heterocycles. The quantitative estimate of drug-likeness (QED) is 0.806. The molecule has 0 aliphatic carbocycles. The number of morpholine rings is 1. The first-order valence-corrected chi connectivity index (χ1v) is 8.00. The maximum absolute atomic E-state index is 12.3. The van der Waals surface area contributed by atoms with Crippen molar-refractivity contribution in [1.29, 1.82) is 0 Å². The van der Waals surface area contributed by atoms with Gasteiger partial charge in [-0.3, -0.25) is 4.79 Å². The summed E-state index contributed by atoms with van der Waals surface area (Å²) in [6, 6.07) is 4.68. The Bertz CT molecular complexity index is 607. The van der Waals surface area contributed by atoms with Gasteiger partial charge in [-0.05, 0) is 24.6 Å². The molecular formula is C13H18N2O4S. The van der Waals surface area contributed by atoms with Crippen molar-refractivity contribution in [3.63, 3.8) is 0 Å². The Morgan fingerprint density at radius 1 is 1.35 bits per heavy atom. The van der Waals surface area contributed by atoms with Gasteiger partial charge >= 0.3 is 0 Å². The molecule has 0 saturated carbocycles. The van der Waals surface area contributed by atoms with E-state index in [9.17, 15) is 13.2 Å². The van der Waals surface area contributed by atoms with E-state index in [1.54, 1.807) is 19.1 Å². The van der Waals surface area contributed by atoms with Gasteiger partial charge in [-0.2, -0.15) is 0 Å². The molecule has 1 aromatic carbocycles. The first-order chi connectivity index (χ1) is 9.40. The number of nitrogens with zero attached hydrogens (tertiary/aromatic N) is 1. The highest BCUT2D eigenvalue weighted by atomic mass is 32.2.